The summed E-state index contributed by atoms with van der Waals surface area (Å²) < 4.78 is 37.2. The van der Waals surface area contributed by atoms with E-state index in [1.54, 1.807) is 0 Å². The fourth-order valence-corrected chi connectivity index (χ4v) is 7.21. The first-order valence-electron chi connectivity index (χ1n) is 14.6. The smallest absolute Gasteiger partial charge is 0.343 e. The molecule has 2 aromatic carbocycles. The number of nitrogens with zero attached hydrogens (tertiary/aromatic N) is 5. The number of anilines is 1. The van der Waals surface area contributed by atoms with Crippen molar-refractivity contribution in [2.24, 2.45) is 0 Å². The number of terminal acetylenes is 1. The van der Waals surface area contributed by atoms with Gasteiger partial charge >= 0.3 is 12.0 Å². The third kappa shape index (κ3) is 4.35. The molecule has 43 heavy (non-hydrogen) atoms. The molecule has 0 amide bonds. The summed E-state index contributed by atoms with van der Waals surface area (Å²) in [4.78, 5) is 17.3. The summed E-state index contributed by atoms with van der Waals surface area (Å²) in [6.45, 7) is 2.79. The number of hydrogen-bond donors (Lipinski definition) is 3. The van der Waals surface area contributed by atoms with Crippen molar-refractivity contribution >= 4 is 27.5 Å². The van der Waals surface area contributed by atoms with Crippen LogP contribution in [0.5, 0.6) is 11.8 Å². The number of fused-ring (bicyclic) bond motifs is 3. The minimum absolute atomic E-state index is 0.0863. The molecule has 7 rings (SSSR count). The van der Waals surface area contributed by atoms with Crippen LogP contribution in [0.25, 0.3) is 32.9 Å². The van der Waals surface area contributed by atoms with E-state index in [0.717, 1.165) is 45.2 Å². The van der Waals surface area contributed by atoms with E-state index >= 15 is 4.39 Å². The van der Waals surface area contributed by atoms with E-state index in [9.17, 15) is 19.7 Å². The average Bonchev–Trinajstić information content (AvgIpc) is 3.60. The van der Waals surface area contributed by atoms with Gasteiger partial charge in [-0.05, 0) is 81.6 Å². The van der Waals surface area contributed by atoms with E-state index in [1.807, 2.05) is 9.80 Å². The van der Waals surface area contributed by atoms with Crippen LogP contribution in [0.15, 0.2) is 30.5 Å². The molecule has 222 valence electrons. The summed E-state index contributed by atoms with van der Waals surface area (Å²) >= 11 is 0. The molecule has 0 atom stereocenters. The lowest BCUT2D eigenvalue weighted by Gasteiger charge is -2.41. The number of halogens is 2. The number of phenols is 1. The molecular formula is C32H31F2N5O4. The van der Waals surface area contributed by atoms with Gasteiger partial charge in [-0.25, -0.2) is 8.78 Å². The summed E-state index contributed by atoms with van der Waals surface area (Å²) in [5, 5.41) is 34.1. The van der Waals surface area contributed by atoms with Crippen LogP contribution >= 0.6 is 0 Å². The number of aromatic hydroxyl groups is 1. The molecule has 4 aromatic rings. The molecule has 2 aromatic heterocycles. The Labute approximate surface area is 246 Å². The van der Waals surface area contributed by atoms with Crippen LogP contribution in [-0.4, -0.2) is 72.9 Å². The lowest BCUT2D eigenvalue weighted by atomic mass is 9.91. The van der Waals surface area contributed by atoms with Crippen molar-refractivity contribution in [3.05, 3.63) is 47.7 Å². The lowest BCUT2D eigenvalue weighted by molar-refractivity contribution is -0.349. The summed E-state index contributed by atoms with van der Waals surface area (Å²) in [6, 6.07) is 4.96. The highest BCUT2D eigenvalue weighted by Crippen LogP contribution is 2.46. The molecule has 3 saturated heterocycles. The molecule has 11 heteroatoms. The number of ether oxygens (including phenoxy) is 1. The Morgan fingerprint density at radius 3 is 2.44 bits per heavy atom. The highest BCUT2D eigenvalue weighted by atomic mass is 19.1. The van der Waals surface area contributed by atoms with Gasteiger partial charge in [0.2, 0.25) is 0 Å². The largest absolute Gasteiger partial charge is 0.508 e. The van der Waals surface area contributed by atoms with E-state index in [4.69, 9.17) is 11.2 Å². The summed E-state index contributed by atoms with van der Waals surface area (Å²) in [7, 11) is 0. The maximum atomic E-state index is 16.6. The first-order valence-corrected chi connectivity index (χ1v) is 14.6. The van der Waals surface area contributed by atoms with Crippen molar-refractivity contribution in [3.63, 3.8) is 0 Å². The third-order valence-electron chi connectivity index (χ3n) is 9.23. The zero-order valence-electron chi connectivity index (χ0n) is 23.5. The van der Waals surface area contributed by atoms with Crippen molar-refractivity contribution in [1.82, 2.24) is 19.9 Å². The Morgan fingerprint density at radius 2 is 1.72 bits per heavy atom. The number of benzene rings is 2. The van der Waals surface area contributed by atoms with Gasteiger partial charge in [0, 0.05) is 30.2 Å². The van der Waals surface area contributed by atoms with Crippen LogP contribution in [-0.2, 0) is 0 Å². The van der Waals surface area contributed by atoms with Crippen LogP contribution in [0, 0.1) is 24.0 Å². The molecular weight excluding hydrogens is 556 g/mol. The van der Waals surface area contributed by atoms with Gasteiger partial charge in [0.05, 0.1) is 10.9 Å². The molecule has 0 spiro atoms. The van der Waals surface area contributed by atoms with Gasteiger partial charge in [0.1, 0.15) is 34.1 Å². The van der Waals surface area contributed by atoms with E-state index in [1.165, 1.54) is 30.5 Å². The minimum atomic E-state index is -2.61. The molecule has 0 saturated carbocycles. The standard InChI is InChI=1S/C32H31F2N5O4/c1-2-21-24(33)9-8-19-16-20(40)17-22(25(19)21)27-26(34)28-23(18-35-27)29(38-12-4-3-5-13-38)37-30(36-28)43-32(41,42)31-10-6-14-39(31)15-7-11-31/h1,8-9,16-18,40-42H,3-7,10-15H2. The monoisotopic (exact) mass is 587 g/mol. The Hall–Kier alpha value is -4.11. The quantitative estimate of drug-likeness (QED) is 0.230. The SMILES string of the molecule is C#Cc1c(F)ccc2cc(O)cc(-c3ncc4c(N5CCCCC5)nc(OC(O)(O)C56CCCN5CCC6)nc4c3F)c12. The Morgan fingerprint density at radius 1 is 0.977 bits per heavy atom. The van der Waals surface area contributed by atoms with Crippen LogP contribution in [0.2, 0.25) is 0 Å². The van der Waals surface area contributed by atoms with Crippen molar-refractivity contribution in [3.8, 4) is 35.4 Å². The number of pyridine rings is 1. The van der Waals surface area contributed by atoms with Crippen molar-refractivity contribution in [2.45, 2.75) is 56.5 Å². The second kappa shape index (κ2) is 10.3. The van der Waals surface area contributed by atoms with Gasteiger partial charge in [-0.1, -0.05) is 12.0 Å². The Balaban J connectivity index is 1.42. The van der Waals surface area contributed by atoms with Crippen LogP contribution in [0.4, 0.5) is 14.6 Å². The van der Waals surface area contributed by atoms with Gasteiger partial charge in [-0.15, -0.1) is 6.42 Å². The molecule has 0 radical (unpaired) electrons. The number of aliphatic hydroxyl groups is 2. The molecule has 0 bridgehead atoms. The number of piperidine rings is 1. The minimum Gasteiger partial charge on any atom is -0.508 e. The van der Waals surface area contributed by atoms with Gasteiger partial charge < -0.3 is 25.0 Å². The van der Waals surface area contributed by atoms with E-state index in [2.05, 4.69) is 20.9 Å². The highest BCUT2D eigenvalue weighted by molar-refractivity contribution is 6.03. The van der Waals surface area contributed by atoms with Gasteiger partial charge in [-0.3, -0.25) is 9.88 Å². The summed E-state index contributed by atoms with van der Waals surface area (Å²) in [5.74, 6) is -1.62. The zero-order valence-corrected chi connectivity index (χ0v) is 23.5. The Kier molecular flexibility index (Phi) is 6.61. The fraction of sp³-hybridized carbons (Fsp3) is 0.406. The highest BCUT2D eigenvalue weighted by Gasteiger charge is 2.60. The number of aromatic nitrogens is 3. The molecule has 9 nitrogen and oxygen atoms in total. The van der Waals surface area contributed by atoms with Gasteiger partial charge in [-0.2, -0.15) is 9.97 Å². The maximum Gasteiger partial charge on any atom is 0.343 e. The molecule has 3 N–H and O–H groups in total. The summed E-state index contributed by atoms with van der Waals surface area (Å²) in [5.41, 5.74) is -1.37. The molecule has 0 unspecified atom stereocenters. The average molecular weight is 588 g/mol. The molecule has 3 fully saturated rings. The van der Waals surface area contributed by atoms with Crippen LogP contribution < -0.4 is 9.64 Å². The number of hydrogen-bond acceptors (Lipinski definition) is 9. The third-order valence-corrected chi connectivity index (χ3v) is 9.23. The molecule has 3 aliphatic rings. The molecule has 5 heterocycles. The van der Waals surface area contributed by atoms with E-state index < -0.39 is 23.1 Å². The van der Waals surface area contributed by atoms with Crippen molar-refractivity contribution in [1.29, 1.82) is 0 Å². The zero-order chi connectivity index (χ0) is 29.9. The predicted molar refractivity (Wildman–Crippen MR) is 156 cm³/mol. The van der Waals surface area contributed by atoms with Crippen LogP contribution in [0.1, 0.15) is 50.5 Å². The second-order valence-corrected chi connectivity index (χ2v) is 11.7. The van der Waals surface area contributed by atoms with Crippen LogP contribution in [0.3, 0.4) is 0 Å². The normalized spacial score (nSPS) is 18.7. The Bertz CT molecular complexity index is 1790. The molecule has 0 aliphatic carbocycles. The van der Waals surface area contributed by atoms with Gasteiger partial charge in [0.25, 0.3) is 0 Å². The van der Waals surface area contributed by atoms with Gasteiger partial charge in [0.15, 0.2) is 5.82 Å². The van der Waals surface area contributed by atoms with Crippen molar-refractivity contribution < 1.29 is 28.8 Å². The number of rotatable bonds is 5. The second-order valence-electron chi connectivity index (χ2n) is 11.7. The van der Waals surface area contributed by atoms with E-state index in [-0.39, 0.29) is 39.5 Å². The summed E-state index contributed by atoms with van der Waals surface area (Å²) in [6.07, 6.45) is 12.6. The maximum absolute atomic E-state index is 16.6. The first kappa shape index (κ1) is 27.7. The van der Waals surface area contributed by atoms with E-state index in [0.29, 0.717) is 42.5 Å². The lowest BCUT2D eigenvalue weighted by Crippen LogP contribution is -2.62. The number of phenolic OH excluding ortho intramolecular Hbond substituents is 1. The predicted octanol–water partition coefficient (Wildman–Crippen LogP) is 4.45. The molecule has 3 aliphatic heterocycles. The fourth-order valence-electron chi connectivity index (χ4n) is 7.21. The topological polar surface area (TPSA) is 115 Å². The van der Waals surface area contributed by atoms with Crippen molar-refractivity contribution in [2.75, 3.05) is 31.1 Å². The first-order chi connectivity index (χ1) is 20.7.